The van der Waals surface area contributed by atoms with E-state index >= 15 is 0 Å². The Hall–Kier alpha value is -2.36. The first kappa shape index (κ1) is 17.0. The molecule has 122 valence electrons. The van der Waals surface area contributed by atoms with Crippen molar-refractivity contribution in [1.82, 2.24) is 0 Å². The molecule has 23 heavy (non-hydrogen) atoms. The molecule has 0 spiro atoms. The Balaban J connectivity index is 1.99. The summed E-state index contributed by atoms with van der Waals surface area (Å²) < 4.78 is 10.6. The molecule has 4 heteroatoms. The van der Waals surface area contributed by atoms with Crippen molar-refractivity contribution >= 4 is 11.8 Å². The lowest BCUT2D eigenvalue weighted by atomic mass is 10.1. The van der Waals surface area contributed by atoms with Crippen LogP contribution >= 0.6 is 0 Å². The maximum absolute atomic E-state index is 11.9. The highest BCUT2D eigenvalue weighted by Gasteiger charge is 2.24. The minimum absolute atomic E-state index is 0.123. The Kier molecular flexibility index (Phi) is 6.15. The molecular weight excluding hydrogens is 292 g/mol. The van der Waals surface area contributed by atoms with E-state index in [9.17, 15) is 9.59 Å². The van der Waals surface area contributed by atoms with Gasteiger partial charge >= 0.3 is 5.97 Å². The molecule has 1 atom stereocenters. The van der Waals surface area contributed by atoms with Crippen LogP contribution in [0.2, 0.25) is 0 Å². The molecular formula is C19H22O4. The molecule has 0 saturated carbocycles. The molecule has 0 aromatic heterocycles. The van der Waals surface area contributed by atoms with Crippen LogP contribution < -0.4 is 4.74 Å². The summed E-state index contributed by atoms with van der Waals surface area (Å²) in [6.45, 7) is 3.67. The summed E-state index contributed by atoms with van der Waals surface area (Å²) in [4.78, 5) is 23.1. The molecule has 2 rings (SSSR count). The molecule has 0 saturated heterocycles. The number of aryl methyl sites for hydroxylation is 1. The first-order valence-corrected chi connectivity index (χ1v) is 7.80. The van der Waals surface area contributed by atoms with E-state index in [-0.39, 0.29) is 17.9 Å². The second-order valence-electron chi connectivity index (χ2n) is 5.51. The number of esters is 1. The number of hydrogen-bond acceptors (Lipinski definition) is 4. The molecule has 0 bridgehead atoms. The SMILES string of the molecule is C=CCC1=C[C@@H](Oc2ccccc2CCCC(=O)OC)CC1=O. The maximum Gasteiger partial charge on any atom is 0.305 e. The van der Waals surface area contributed by atoms with Crippen LogP contribution in [0.15, 0.2) is 48.6 Å². The molecule has 0 fully saturated rings. The highest BCUT2D eigenvalue weighted by atomic mass is 16.5. The lowest BCUT2D eigenvalue weighted by Gasteiger charge is -2.15. The largest absolute Gasteiger partial charge is 0.486 e. The summed E-state index contributed by atoms with van der Waals surface area (Å²) in [5.74, 6) is 0.686. The molecule has 1 aliphatic carbocycles. The lowest BCUT2D eigenvalue weighted by molar-refractivity contribution is -0.140. The van der Waals surface area contributed by atoms with Gasteiger partial charge in [-0.3, -0.25) is 9.59 Å². The number of methoxy groups -OCH3 is 1. The zero-order valence-corrected chi connectivity index (χ0v) is 13.4. The third kappa shape index (κ3) is 4.81. The van der Waals surface area contributed by atoms with Gasteiger partial charge in [-0.25, -0.2) is 0 Å². The van der Waals surface area contributed by atoms with Gasteiger partial charge in [-0.05, 0) is 42.5 Å². The second kappa shape index (κ2) is 8.32. The van der Waals surface area contributed by atoms with Gasteiger partial charge in [0.1, 0.15) is 11.9 Å². The van der Waals surface area contributed by atoms with Crippen molar-refractivity contribution in [3.05, 3.63) is 54.1 Å². The van der Waals surface area contributed by atoms with E-state index in [0.717, 1.165) is 23.3 Å². The van der Waals surface area contributed by atoms with Gasteiger partial charge in [0.05, 0.1) is 13.5 Å². The molecule has 0 heterocycles. The third-order valence-electron chi connectivity index (χ3n) is 3.80. The molecule has 0 N–H and O–H groups in total. The highest BCUT2D eigenvalue weighted by molar-refractivity contribution is 5.98. The van der Waals surface area contributed by atoms with E-state index in [1.807, 2.05) is 30.3 Å². The van der Waals surface area contributed by atoms with Gasteiger partial charge in [0.15, 0.2) is 5.78 Å². The fourth-order valence-corrected chi connectivity index (χ4v) is 2.62. The minimum atomic E-state index is -0.223. The second-order valence-corrected chi connectivity index (χ2v) is 5.51. The van der Waals surface area contributed by atoms with Crippen molar-refractivity contribution in [2.45, 2.75) is 38.2 Å². The summed E-state index contributed by atoms with van der Waals surface area (Å²) in [5.41, 5.74) is 1.81. The number of benzene rings is 1. The predicted molar refractivity (Wildman–Crippen MR) is 88.3 cm³/mol. The van der Waals surface area contributed by atoms with E-state index in [4.69, 9.17) is 4.74 Å². The van der Waals surface area contributed by atoms with Gasteiger partial charge in [0, 0.05) is 6.42 Å². The van der Waals surface area contributed by atoms with Crippen molar-refractivity contribution in [2.75, 3.05) is 7.11 Å². The monoisotopic (exact) mass is 314 g/mol. The normalized spacial score (nSPS) is 16.8. The number of rotatable bonds is 8. The van der Waals surface area contributed by atoms with Gasteiger partial charge in [-0.15, -0.1) is 6.58 Å². The molecule has 0 aliphatic heterocycles. The van der Waals surface area contributed by atoms with Gasteiger partial charge in [-0.1, -0.05) is 24.3 Å². The van der Waals surface area contributed by atoms with E-state index in [1.54, 1.807) is 6.08 Å². The molecule has 0 amide bonds. The van der Waals surface area contributed by atoms with Crippen molar-refractivity contribution in [1.29, 1.82) is 0 Å². The van der Waals surface area contributed by atoms with Crippen LogP contribution in [-0.2, 0) is 20.7 Å². The molecule has 4 nitrogen and oxygen atoms in total. The Morgan fingerprint density at radius 2 is 2.17 bits per heavy atom. The van der Waals surface area contributed by atoms with E-state index in [2.05, 4.69) is 11.3 Å². The molecule has 1 aliphatic rings. The number of Topliss-reactive ketones (excluding diaryl/α,β-unsaturated/α-hetero) is 1. The molecule has 0 radical (unpaired) electrons. The van der Waals surface area contributed by atoms with Crippen LogP contribution in [0.1, 0.15) is 31.2 Å². The van der Waals surface area contributed by atoms with Crippen LogP contribution in [0.25, 0.3) is 0 Å². The summed E-state index contributed by atoms with van der Waals surface area (Å²) in [6.07, 6.45) is 6.17. The summed E-state index contributed by atoms with van der Waals surface area (Å²) >= 11 is 0. The Morgan fingerprint density at radius 3 is 2.91 bits per heavy atom. The van der Waals surface area contributed by atoms with E-state index < -0.39 is 0 Å². The fourth-order valence-electron chi connectivity index (χ4n) is 2.62. The summed E-state index contributed by atoms with van der Waals surface area (Å²) in [5, 5.41) is 0. The Morgan fingerprint density at radius 1 is 1.39 bits per heavy atom. The number of allylic oxidation sites excluding steroid dienone is 2. The number of ketones is 1. The Bertz CT molecular complexity index is 616. The zero-order valence-electron chi connectivity index (χ0n) is 13.4. The zero-order chi connectivity index (χ0) is 16.7. The quantitative estimate of drug-likeness (QED) is 0.545. The number of carbonyl (C=O) groups is 2. The summed E-state index contributed by atoms with van der Waals surface area (Å²) in [6, 6.07) is 7.73. The smallest absolute Gasteiger partial charge is 0.305 e. The molecule has 1 aromatic rings. The van der Waals surface area contributed by atoms with Gasteiger partial charge < -0.3 is 9.47 Å². The van der Waals surface area contributed by atoms with Crippen LogP contribution in [0, 0.1) is 0 Å². The lowest BCUT2D eigenvalue weighted by Crippen LogP contribution is -2.13. The van der Waals surface area contributed by atoms with Crippen LogP contribution in [0.4, 0.5) is 0 Å². The van der Waals surface area contributed by atoms with Gasteiger partial charge in [0.25, 0.3) is 0 Å². The van der Waals surface area contributed by atoms with Gasteiger partial charge in [-0.2, -0.15) is 0 Å². The first-order valence-electron chi connectivity index (χ1n) is 7.80. The maximum atomic E-state index is 11.9. The van der Waals surface area contributed by atoms with Crippen molar-refractivity contribution in [2.24, 2.45) is 0 Å². The van der Waals surface area contributed by atoms with Gasteiger partial charge in [0.2, 0.25) is 0 Å². The topological polar surface area (TPSA) is 52.6 Å². The Labute approximate surface area is 136 Å². The molecule has 0 unspecified atom stereocenters. The van der Waals surface area contributed by atoms with Crippen LogP contribution in [0.5, 0.6) is 5.75 Å². The average Bonchev–Trinajstić information content (AvgIpc) is 2.89. The van der Waals surface area contributed by atoms with E-state index in [0.29, 0.717) is 25.7 Å². The van der Waals surface area contributed by atoms with Crippen molar-refractivity contribution < 1.29 is 19.1 Å². The number of hydrogen-bond donors (Lipinski definition) is 0. The van der Waals surface area contributed by atoms with Crippen LogP contribution in [-0.4, -0.2) is 25.0 Å². The molecule has 1 aromatic carbocycles. The van der Waals surface area contributed by atoms with Crippen LogP contribution in [0.3, 0.4) is 0 Å². The fraction of sp³-hybridized carbons (Fsp3) is 0.368. The van der Waals surface area contributed by atoms with E-state index in [1.165, 1.54) is 7.11 Å². The standard InChI is InChI=1S/C19H22O4/c1-3-7-15-12-16(13-17(15)20)23-18-10-5-4-8-14(18)9-6-11-19(21)22-2/h3-5,8,10,12,16H,1,6-7,9,11,13H2,2H3/t16-/m1/s1. The minimum Gasteiger partial charge on any atom is -0.486 e. The highest BCUT2D eigenvalue weighted by Crippen LogP contribution is 2.26. The summed E-state index contributed by atoms with van der Waals surface area (Å²) in [7, 11) is 1.39. The van der Waals surface area contributed by atoms with Crippen molar-refractivity contribution in [3.63, 3.8) is 0 Å². The third-order valence-corrected chi connectivity index (χ3v) is 3.80. The number of para-hydroxylation sites is 1. The predicted octanol–water partition coefficient (Wildman–Crippen LogP) is 3.41. The van der Waals surface area contributed by atoms with Crippen molar-refractivity contribution in [3.8, 4) is 5.75 Å². The number of ether oxygens (including phenoxy) is 2. The first-order chi connectivity index (χ1) is 11.1. The number of carbonyl (C=O) groups excluding carboxylic acids is 2. The average molecular weight is 314 g/mol.